The van der Waals surface area contributed by atoms with Crippen molar-refractivity contribution in [1.82, 2.24) is 14.9 Å². The predicted octanol–water partition coefficient (Wildman–Crippen LogP) is 2.86. The number of aromatic nitrogens is 2. The standard InChI is InChI=1S/C22H21ClFN3O3/c1-14-19(9-10-28)22(30)27(21(26-14)16-3-2-4-17(23)11-16)13-20(29)25-12-15-5-7-18(24)8-6-15/h2-8,11,28H,9-10,12-13H2,1H3,(H,25,29). The summed E-state index contributed by atoms with van der Waals surface area (Å²) in [5, 5.41) is 12.5. The molecular formula is C22H21ClFN3O3. The Morgan fingerprint density at radius 1 is 1.23 bits per heavy atom. The van der Waals surface area contributed by atoms with Gasteiger partial charge in [-0.15, -0.1) is 0 Å². The maximum atomic E-state index is 13.1. The molecule has 0 saturated heterocycles. The summed E-state index contributed by atoms with van der Waals surface area (Å²) in [7, 11) is 0. The van der Waals surface area contributed by atoms with Crippen LogP contribution in [-0.2, 0) is 24.3 Å². The minimum atomic E-state index is -0.398. The van der Waals surface area contributed by atoms with Crippen molar-refractivity contribution >= 4 is 17.5 Å². The lowest BCUT2D eigenvalue weighted by atomic mass is 10.1. The Hall–Kier alpha value is -3.03. The van der Waals surface area contributed by atoms with Crippen LogP contribution in [0.2, 0.25) is 5.02 Å². The van der Waals surface area contributed by atoms with E-state index in [0.29, 0.717) is 27.7 Å². The number of amides is 1. The number of carbonyl (C=O) groups is 1. The molecule has 1 amide bonds. The van der Waals surface area contributed by atoms with E-state index in [1.54, 1.807) is 43.3 Å². The molecular weight excluding hydrogens is 409 g/mol. The number of benzene rings is 2. The van der Waals surface area contributed by atoms with Crippen LogP contribution in [0.25, 0.3) is 11.4 Å². The van der Waals surface area contributed by atoms with Gasteiger partial charge >= 0.3 is 0 Å². The van der Waals surface area contributed by atoms with Crippen LogP contribution in [0.15, 0.2) is 53.3 Å². The highest BCUT2D eigenvalue weighted by Crippen LogP contribution is 2.21. The van der Waals surface area contributed by atoms with Crippen molar-refractivity contribution in [2.45, 2.75) is 26.4 Å². The Kier molecular flexibility index (Phi) is 6.97. The van der Waals surface area contributed by atoms with Crippen molar-refractivity contribution in [1.29, 1.82) is 0 Å². The average Bonchev–Trinajstić information content (AvgIpc) is 2.72. The van der Waals surface area contributed by atoms with Crippen LogP contribution < -0.4 is 10.9 Å². The average molecular weight is 430 g/mol. The quantitative estimate of drug-likeness (QED) is 0.605. The molecule has 1 heterocycles. The number of hydrogen-bond acceptors (Lipinski definition) is 4. The molecule has 2 N–H and O–H groups in total. The Morgan fingerprint density at radius 2 is 1.97 bits per heavy atom. The van der Waals surface area contributed by atoms with Gasteiger partial charge in [-0.25, -0.2) is 9.37 Å². The number of carbonyl (C=O) groups excluding carboxylic acids is 1. The van der Waals surface area contributed by atoms with Gasteiger partial charge in [0.2, 0.25) is 5.91 Å². The molecule has 3 rings (SSSR count). The van der Waals surface area contributed by atoms with E-state index in [-0.39, 0.29) is 37.5 Å². The monoisotopic (exact) mass is 429 g/mol. The van der Waals surface area contributed by atoms with Crippen molar-refractivity contribution in [3.63, 3.8) is 0 Å². The molecule has 0 aliphatic carbocycles. The van der Waals surface area contributed by atoms with Crippen molar-refractivity contribution in [3.8, 4) is 11.4 Å². The normalized spacial score (nSPS) is 10.8. The van der Waals surface area contributed by atoms with Crippen LogP contribution in [0, 0.1) is 12.7 Å². The first-order chi connectivity index (χ1) is 14.4. The van der Waals surface area contributed by atoms with E-state index in [9.17, 15) is 19.1 Å². The van der Waals surface area contributed by atoms with Gasteiger partial charge in [0.25, 0.3) is 5.56 Å². The highest BCUT2D eigenvalue weighted by atomic mass is 35.5. The molecule has 0 fully saturated rings. The predicted molar refractivity (Wildman–Crippen MR) is 113 cm³/mol. The maximum absolute atomic E-state index is 13.1. The number of aliphatic hydroxyl groups is 1. The minimum absolute atomic E-state index is 0.144. The van der Waals surface area contributed by atoms with Crippen LogP contribution >= 0.6 is 11.6 Å². The smallest absolute Gasteiger partial charge is 0.257 e. The Balaban J connectivity index is 1.92. The lowest BCUT2D eigenvalue weighted by Crippen LogP contribution is -2.35. The zero-order valence-corrected chi connectivity index (χ0v) is 17.1. The van der Waals surface area contributed by atoms with Crippen LogP contribution in [-0.4, -0.2) is 27.2 Å². The Morgan fingerprint density at radius 3 is 2.63 bits per heavy atom. The van der Waals surface area contributed by atoms with Gasteiger partial charge in [-0.3, -0.25) is 14.2 Å². The van der Waals surface area contributed by atoms with Gasteiger partial charge in [0, 0.05) is 41.4 Å². The Bertz CT molecular complexity index is 1110. The first-order valence-electron chi connectivity index (χ1n) is 9.37. The first-order valence-corrected chi connectivity index (χ1v) is 9.75. The van der Waals surface area contributed by atoms with E-state index in [1.807, 2.05) is 0 Å². The second-order valence-corrected chi connectivity index (χ2v) is 7.21. The van der Waals surface area contributed by atoms with Crippen molar-refractivity contribution in [3.05, 3.63) is 86.5 Å². The summed E-state index contributed by atoms with van der Waals surface area (Å²) in [6, 6.07) is 12.6. The van der Waals surface area contributed by atoms with Gasteiger partial charge in [-0.1, -0.05) is 35.9 Å². The summed E-state index contributed by atoms with van der Waals surface area (Å²) in [6.45, 7) is 1.43. The third-order valence-corrected chi connectivity index (χ3v) is 4.85. The molecule has 0 aliphatic rings. The molecule has 0 radical (unpaired) electrons. The van der Waals surface area contributed by atoms with E-state index >= 15 is 0 Å². The van der Waals surface area contributed by atoms with E-state index in [1.165, 1.54) is 16.7 Å². The largest absolute Gasteiger partial charge is 0.396 e. The molecule has 0 aliphatic heterocycles. The van der Waals surface area contributed by atoms with Gasteiger partial charge < -0.3 is 10.4 Å². The molecule has 1 aromatic heterocycles. The Labute approximate surface area is 178 Å². The molecule has 8 heteroatoms. The van der Waals surface area contributed by atoms with Gasteiger partial charge in [0.1, 0.15) is 18.2 Å². The number of aryl methyl sites for hydroxylation is 1. The summed E-state index contributed by atoms with van der Waals surface area (Å²) >= 11 is 6.09. The van der Waals surface area contributed by atoms with Crippen LogP contribution in [0.5, 0.6) is 0 Å². The molecule has 30 heavy (non-hydrogen) atoms. The summed E-state index contributed by atoms with van der Waals surface area (Å²) in [5.41, 5.74) is 1.80. The fourth-order valence-corrected chi connectivity index (χ4v) is 3.29. The van der Waals surface area contributed by atoms with Gasteiger partial charge in [0.15, 0.2) is 0 Å². The molecule has 156 valence electrons. The van der Waals surface area contributed by atoms with Crippen molar-refractivity contribution in [2.24, 2.45) is 0 Å². The molecule has 0 bridgehead atoms. The minimum Gasteiger partial charge on any atom is -0.396 e. The topological polar surface area (TPSA) is 84.2 Å². The second kappa shape index (κ2) is 9.65. The summed E-state index contributed by atoms with van der Waals surface area (Å²) < 4.78 is 14.3. The lowest BCUT2D eigenvalue weighted by Gasteiger charge is -2.16. The number of halogens is 2. The lowest BCUT2D eigenvalue weighted by molar-refractivity contribution is -0.121. The van der Waals surface area contributed by atoms with E-state index in [0.717, 1.165) is 5.56 Å². The molecule has 3 aromatic rings. The van der Waals surface area contributed by atoms with Gasteiger partial charge in [-0.05, 0) is 36.8 Å². The molecule has 2 aromatic carbocycles. The summed E-state index contributed by atoms with van der Waals surface area (Å²) in [4.78, 5) is 30.1. The number of nitrogens with one attached hydrogen (secondary N) is 1. The van der Waals surface area contributed by atoms with E-state index in [4.69, 9.17) is 11.6 Å². The third kappa shape index (κ3) is 5.11. The SMILES string of the molecule is Cc1nc(-c2cccc(Cl)c2)n(CC(=O)NCc2ccc(F)cc2)c(=O)c1CCO. The van der Waals surface area contributed by atoms with Crippen LogP contribution in [0.4, 0.5) is 4.39 Å². The molecule has 0 spiro atoms. The van der Waals surface area contributed by atoms with Crippen molar-refractivity contribution in [2.75, 3.05) is 6.61 Å². The van der Waals surface area contributed by atoms with Gasteiger partial charge in [-0.2, -0.15) is 0 Å². The molecule has 0 atom stereocenters. The number of rotatable bonds is 7. The highest BCUT2D eigenvalue weighted by Gasteiger charge is 2.18. The van der Waals surface area contributed by atoms with Gasteiger partial charge in [0.05, 0.1) is 0 Å². The van der Waals surface area contributed by atoms with Crippen LogP contribution in [0.3, 0.4) is 0 Å². The maximum Gasteiger partial charge on any atom is 0.257 e. The zero-order valence-electron chi connectivity index (χ0n) is 16.4. The fourth-order valence-electron chi connectivity index (χ4n) is 3.10. The highest BCUT2D eigenvalue weighted by molar-refractivity contribution is 6.30. The molecule has 0 saturated carbocycles. The van der Waals surface area contributed by atoms with Crippen molar-refractivity contribution < 1.29 is 14.3 Å². The number of hydrogen-bond donors (Lipinski definition) is 2. The first kappa shape index (κ1) is 21.7. The zero-order chi connectivity index (χ0) is 21.7. The number of nitrogens with zero attached hydrogens (tertiary/aromatic N) is 2. The molecule has 6 nitrogen and oxygen atoms in total. The summed E-state index contributed by atoms with van der Waals surface area (Å²) in [6.07, 6.45) is 0.144. The third-order valence-electron chi connectivity index (χ3n) is 4.62. The summed E-state index contributed by atoms with van der Waals surface area (Å²) in [5.74, 6) is -0.436. The van der Waals surface area contributed by atoms with E-state index in [2.05, 4.69) is 10.3 Å². The molecule has 0 unspecified atom stereocenters. The second-order valence-electron chi connectivity index (χ2n) is 6.78. The fraction of sp³-hybridized carbons (Fsp3) is 0.227. The number of aliphatic hydroxyl groups excluding tert-OH is 1. The van der Waals surface area contributed by atoms with Crippen LogP contribution in [0.1, 0.15) is 16.8 Å². The van der Waals surface area contributed by atoms with E-state index < -0.39 is 5.91 Å².